The van der Waals surface area contributed by atoms with Crippen LogP contribution in [-0.2, 0) is 0 Å². The molecule has 1 unspecified atom stereocenters. The van der Waals surface area contributed by atoms with Crippen LogP contribution in [-0.4, -0.2) is 8.07 Å². The van der Waals surface area contributed by atoms with Crippen molar-refractivity contribution < 1.29 is 0 Å². The Labute approximate surface area is 188 Å². The zero-order chi connectivity index (χ0) is 21.4. The molecule has 0 nitrogen and oxygen atoms in total. The van der Waals surface area contributed by atoms with Crippen molar-refractivity contribution in [3.8, 4) is 0 Å². The Balaban J connectivity index is 1.52. The van der Waals surface area contributed by atoms with Crippen LogP contribution in [0.3, 0.4) is 0 Å². The number of fused-ring (bicyclic) bond motifs is 1. The van der Waals surface area contributed by atoms with E-state index in [2.05, 4.69) is 123 Å². The summed E-state index contributed by atoms with van der Waals surface area (Å²) < 4.78 is 0. The monoisotopic (exact) mass is 436 g/mol. The van der Waals surface area contributed by atoms with Gasteiger partial charge in [0.2, 0.25) is 0 Å². The largest absolute Gasteiger partial charge is 0.0876 e. The van der Waals surface area contributed by atoms with Crippen molar-refractivity contribution in [3.05, 3.63) is 124 Å². The minimum atomic E-state index is -1.69. The summed E-state index contributed by atoms with van der Waals surface area (Å²) in [7, 11) is -2.20. The first kappa shape index (κ1) is 20.4. The van der Waals surface area contributed by atoms with Gasteiger partial charge in [0.15, 0.2) is 0 Å². The van der Waals surface area contributed by atoms with E-state index in [1.807, 2.05) is 0 Å². The molecule has 31 heavy (non-hydrogen) atoms. The molecule has 2 aliphatic carbocycles. The normalized spacial score (nSPS) is 17.9. The van der Waals surface area contributed by atoms with E-state index in [0.29, 0.717) is 5.54 Å². The minimum absolute atomic E-state index is 0.509. The van der Waals surface area contributed by atoms with Crippen LogP contribution in [0.5, 0.6) is 0 Å². The molecule has 0 saturated heterocycles. The zero-order valence-corrected chi connectivity index (χ0v) is 20.4. The highest BCUT2D eigenvalue weighted by molar-refractivity contribution is 7.77. The molecule has 0 heterocycles. The smallest absolute Gasteiger partial charge is 0.0755 e. The molecular formula is C29H29PSi. The summed E-state index contributed by atoms with van der Waals surface area (Å²) in [6.07, 6.45) is 8.64. The second-order valence-corrected chi connectivity index (χ2v) is 16.1. The topological polar surface area (TPSA) is 0 Å². The Hall–Kier alpha value is -2.47. The lowest BCUT2D eigenvalue weighted by atomic mass is 10.1. The standard InChI is InChI=1S/C29H29PSi/c1-22-20-23-12-10-11-17-28(23)29(22)31(2,3)27-19-18-26(21-27)30(24-13-6-4-7-14-24)25-15-8-5-9-16-25/h4-18,20-21,29H,19H2,1-3H3. The van der Waals surface area contributed by atoms with Gasteiger partial charge >= 0.3 is 0 Å². The highest BCUT2D eigenvalue weighted by Gasteiger charge is 2.41. The maximum atomic E-state index is 2.59. The maximum absolute atomic E-state index is 2.59. The van der Waals surface area contributed by atoms with Gasteiger partial charge in [-0.15, -0.1) is 0 Å². The second-order valence-electron chi connectivity index (χ2n) is 9.18. The molecule has 3 aromatic rings. The first-order valence-corrected chi connectivity index (χ1v) is 15.6. The number of benzene rings is 3. The average molecular weight is 437 g/mol. The van der Waals surface area contributed by atoms with Gasteiger partial charge in [0.1, 0.15) is 0 Å². The number of hydrogen-bond donors (Lipinski definition) is 0. The van der Waals surface area contributed by atoms with Crippen LogP contribution < -0.4 is 10.6 Å². The van der Waals surface area contributed by atoms with E-state index in [1.165, 1.54) is 21.5 Å². The second kappa shape index (κ2) is 8.23. The van der Waals surface area contributed by atoms with E-state index >= 15 is 0 Å². The van der Waals surface area contributed by atoms with Crippen LogP contribution in [0.2, 0.25) is 13.1 Å². The SMILES string of the molecule is CC1=Cc2ccccc2C1[Si](C)(C)C1=CC(P(c2ccccc2)c2ccccc2)=CC1. The van der Waals surface area contributed by atoms with Crippen LogP contribution >= 0.6 is 7.92 Å². The van der Waals surface area contributed by atoms with Crippen LogP contribution in [0.25, 0.3) is 6.08 Å². The number of allylic oxidation sites excluding steroid dienone is 5. The average Bonchev–Trinajstić information content (AvgIpc) is 3.40. The van der Waals surface area contributed by atoms with Gasteiger partial charge in [-0.05, 0) is 48.3 Å². The van der Waals surface area contributed by atoms with Gasteiger partial charge in [-0.3, -0.25) is 0 Å². The molecule has 2 heteroatoms. The molecule has 154 valence electrons. The van der Waals surface area contributed by atoms with Crippen molar-refractivity contribution in [1.29, 1.82) is 0 Å². The summed E-state index contributed by atoms with van der Waals surface area (Å²) in [5.41, 5.74) is 5.09. The molecule has 5 rings (SSSR count). The van der Waals surface area contributed by atoms with E-state index in [-0.39, 0.29) is 0 Å². The van der Waals surface area contributed by atoms with E-state index in [1.54, 1.807) is 16.3 Å². The summed E-state index contributed by atoms with van der Waals surface area (Å²) >= 11 is 0. The van der Waals surface area contributed by atoms with Crippen LogP contribution in [0.1, 0.15) is 30.0 Å². The van der Waals surface area contributed by atoms with Gasteiger partial charge in [-0.2, -0.15) is 0 Å². The predicted molar refractivity (Wildman–Crippen MR) is 140 cm³/mol. The van der Waals surface area contributed by atoms with Crippen LogP contribution in [0.15, 0.2) is 113 Å². The Morgan fingerprint density at radius 1 is 0.742 bits per heavy atom. The molecule has 0 fully saturated rings. The lowest BCUT2D eigenvalue weighted by Gasteiger charge is -2.33. The molecule has 0 saturated carbocycles. The number of hydrogen-bond acceptors (Lipinski definition) is 0. The Morgan fingerprint density at radius 3 is 1.97 bits per heavy atom. The Morgan fingerprint density at radius 2 is 1.32 bits per heavy atom. The Bertz CT molecular complexity index is 1150. The van der Waals surface area contributed by atoms with Gasteiger partial charge in [0.05, 0.1) is 8.07 Å². The zero-order valence-electron chi connectivity index (χ0n) is 18.5. The van der Waals surface area contributed by atoms with E-state index in [4.69, 9.17) is 0 Å². The fraction of sp³-hybridized carbons (Fsp3) is 0.172. The predicted octanol–water partition coefficient (Wildman–Crippen LogP) is 7.32. The summed E-state index contributed by atoms with van der Waals surface area (Å²) in [5.74, 6) is 0. The quantitative estimate of drug-likeness (QED) is 0.290. The molecule has 0 radical (unpaired) electrons. The van der Waals surface area contributed by atoms with Crippen molar-refractivity contribution in [3.63, 3.8) is 0 Å². The third-order valence-corrected chi connectivity index (χ3v) is 13.5. The summed E-state index contributed by atoms with van der Waals surface area (Å²) in [6, 6.07) is 31.2. The van der Waals surface area contributed by atoms with E-state index in [0.717, 1.165) is 6.42 Å². The summed E-state index contributed by atoms with van der Waals surface area (Å²) in [4.78, 5) is 0. The third kappa shape index (κ3) is 3.71. The fourth-order valence-electron chi connectivity index (χ4n) is 5.34. The van der Waals surface area contributed by atoms with Gasteiger partial charge < -0.3 is 0 Å². The lowest BCUT2D eigenvalue weighted by Crippen LogP contribution is -2.37. The first-order chi connectivity index (χ1) is 15.1. The van der Waals surface area contributed by atoms with Crippen molar-refractivity contribution >= 4 is 32.7 Å². The molecule has 0 bridgehead atoms. The molecule has 0 aliphatic heterocycles. The van der Waals surface area contributed by atoms with Crippen LogP contribution in [0, 0.1) is 0 Å². The lowest BCUT2D eigenvalue weighted by molar-refractivity contribution is 1.06. The Kier molecular flexibility index (Phi) is 5.42. The molecule has 0 spiro atoms. The highest BCUT2D eigenvalue weighted by Crippen LogP contribution is 2.51. The van der Waals surface area contributed by atoms with Gasteiger partial charge in [-0.25, -0.2) is 0 Å². The summed E-state index contributed by atoms with van der Waals surface area (Å²) in [6.45, 7) is 7.49. The number of rotatable bonds is 5. The maximum Gasteiger partial charge on any atom is 0.0876 e. The third-order valence-electron chi connectivity index (χ3n) is 6.84. The highest BCUT2D eigenvalue weighted by atomic mass is 31.1. The van der Waals surface area contributed by atoms with E-state index < -0.39 is 16.0 Å². The molecule has 2 aliphatic rings. The molecule has 1 atom stereocenters. The first-order valence-electron chi connectivity index (χ1n) is 11.1. The molecule has 0 N–H and O–H groups in total. The molecular weight excluding hydrogens is 407 g/mol. The molecule has 0 amide bonds. The van der Waals surface area contributed by atoms with Crippen molar-refractivity contribution in [2.45, 2.75) is 32.0 Å². The van der Waals surface area contributed by atoms with Gasteiger partial charge in [-0.1, -0.05) is 127 Å². The fourth-order valence-corrected chi connectivity index (χ4v) is 11.6. The van der Waals surface area contributed by atoms with Crippen molar-refractivity contribution in [2.24, 2.45) is 0 Å². The van der Waals surface area contributed by atoms with E-state index in [9.17, 15) is 0 Å². The van der Waals surface area contributed by atoms with Crippen LogP contribution in [0.4, 0.5) is 0 Å². The van der Waals surface area contributed by atoms with Crippen molar-refractivity contribution in [2.75, 3.05) is 0 Å². The molecule has 0 aromatic heterocycles. The molecule has 3 aromatic carbocycles. The van der Waals surface area contributed by atoms with Crippen molar-refractivity contribution in [1.82, 2.24) is 0 Å². The van der Waals surface area contributed by atoms with Gasteiger partial charge in [0.25, 0.3) is 0 Å². The van der Waals surface area contributed by atoms with Gasteiger partial charge in [0, 0.05) is 5.54 Å². The minimum Gasteiger partial charge on any atom is -0.0755 e. The summed E-state index contributed by atoms with van der Waals surface area (Å²) in [5, 5.41) is 6.09.